The minimum atomic E-state index is 0.135. The van der Waals surface area contributed by atoms with Crippen LogP contribution in [0.2, 0.25) is 0 Å². The summed E-state index contributed by atoms with van der Waals surface area (Å²) in [5.74, 6) is 0.135. The fourth-order valence-corrected chi connectivity index (χ4v) is 2.01. The maximum atomic E-state index is 12.0. The summed E-state index contributed by atoms with van der Waals surface area (Å²) in [6.07, 6.45) is 5.02. The van der Waals surface area contributed by atoms with Crippen LogP contribution in [0.3, 0.4) is 0 Å². The van der Waals surface area contributed by atoms with Crippen LogP contribution in [0.1, 0.15) is 44.6 Å². The number of anilines is 1. The van der Waals surface area contributed by atoms with Gasteiger partial charge in [-0.3, -0.25) is 4.79 Å². The SMILES string of the molecule is CCCCCCC(=O)N(C)c1cccc(C(N)=S)c1. The smallest absolute Gasteiger partial charge is 0.226 e. The molecule has 1 rings (SSSR count). The zero-order valence-electron chi connectivity index (χ0n) is 11.7. The first kappa shape index (κ1) is 15.6. The molecule has 1 amide bonds. The van der Waals surface area contributed by atoms with Crippen molar-refractivity contribution in [1.82, 2.24) is 0 Å². The second-order valence-corrected chi connectivity index (χ2v) is 5.12. The number of rotatable bonds is 7. The van der Waals surface area contributed by atoms with Gasteiger partial charge in [-0.1, -0.05) is 50.5 Å². The summed E-state index contributed by atoms with van der Waals surface area (Å²) in [5.41, 5.74) is 7.23. The van der Waals surface area contributed by atoms with Crippen LogP contribution >= 0.6 is 12.2 Å². The molecule has 0 fully saturated rings. The van der Waals surface area contributed by atoms with Crippen molar-refractivity contribution in [2.45, 2.75) is 39.0 Å². The molecule has 0 aromatic heterocycles. The standard InChI is InChI=1S/C15H22N2OS/c1-3-4-5-6-10-14(18)17(2)13-9-7-8-12(11-13)15(16)19/h7-9,11H,3-6,10H2,1-2H3,(H2,16,19). The van der Waals surface area contributed by atoms with Crippen molar-refractivity contribution in [3.8, 4) is 0 Å². The average molecular weight is 278 g/mol. The number of amides is 1. The molecule has 3 nitrogen and oxygen atoms in total. The van der Waals surface area contributed by atoms with Gasteiger partial charge in [0.25, 0.3) is 0 Å². The van der Waals surface area contributed by atoms with Crippen molar-refractivity contribution in [3.63, 3.8) is 0 Å². The molecule has 2 N–H and O–H groups in total. The average Bonchev–Trinajstić information content (AvgIpc) is 2.42. The predicted molar refractivity (Wildman–Crippen MR) is 84.5 cm³/mol. The molecular weight excluding hydrogens is 256 g/mol. The molecule has 1 aromatic carbocycles. The van der Waals surface area contributed by atoms with Crippen LogP contribution in [0.5, 0.6) is 0 Å². The second kappa shape index (κ2) is 7.89. The van der Waals surface area contributed by atoms with Crippen molar-refractivity contribution in [2.24, 2.45) is 5.73 Å². The minimum Gasteiger partial charge on any atom is -0.389 e. The number of thiocarbonyl (C=S) groups is 1. The van der Waals surface area contributed by atoms with Crippen LogP contribution < -0.4 is 10.6 Å². The predicted octanol–water partition coefficient (Wildman–Crippen LogP) is 3.25. The van der Waals surface area contributed by atoms with E-state index in [9.17, 15) is 4.79 Å². The Labute approximate surface area is 120 Å². The number of carbonyl (C=O) groups is 1. The van der Waals surface area contributed by atoms with Gasteiger partial charge in [-0.2, -0.15) is 0 Å². The Kier molecular flexibility index (Phi) is 6.50. The van der Waals surface area contributed by atoms with Crippen molar-refractivity contribution in [1.29, 1.82) is 0 Å². The molecule has 0 spiro atoms. The summed E-state index contributed by atoms with van der Waals surface area (Å²) in [7, 11) is 1.79. The number of benzene rings is 1. The zero-order valence-corrected chi connectivity index (χ0v) is 12.5. The zero-order chi connectivity index (χ0) is 14.3. The van der Waals surface area contributed by atoms with E-state index in [1.54, 1.807) is 11.9 Å². The normalized spacial score (nSPS) is 10.2. The van der Waals surface area contributed by atoms with E-state index >= 15 is 0 Å². The van der Waals surface area contributed by atoms with Gasteiger partial charge in [0.2, 0.25) is 5.91 Å². The van der Waals surface area contributed by atoms with E-state index in [0.29, 0.717) is 11.4 Å². The summed E-state index contributed by atoms with van der Waals surface area (Å²) >= 11 is 4.95. The van der Waals surface area contributed by atoms with Crippen LogP contribution in [0.25, 0.3) is 0 Å². The van der Waals surface area contributed by atoms with E-state index < -0.39 is 0 Å². The summed E-state index contributed by atoms with van der Waals surface area (Å²) in [4.78, 5) is 14.1. The van der Waals surface area contributed by atoms with Gasteiger partial charge < -0.3 is 10.6 Å². The van der Waals surface area contributed by atoms with Crippen LogP contribution in [0, 0.1) is 0 Å². The van der Waals surface area contributed by atoms with E-state index in [-0.39, 0.29) is 5.91 Å². The van der Waals surface area contributed by atoms with Gasteiger partial charge in [0.05, 0.1) is 0 Å². The van der Waals surface area contributed by atoms with Gasteiger partial charge in [-0.25, -0.2) is 0 Å². The lowest BCUT2D eigenvalue weighted by atomic mass is 10.1. The molecule has 0 aliphatic carbocycles. The lowest BCUT2D eigenvalue weighted by Gasteiger charge is -2.18. The maximum Gasteiger partial charge on any atom is 0.226 e. The first-order chi connectivity index (χ1) is 9.06. The molecule has 19 heavy (non-hydrogen) atoms. The Hall–Kier alpha value is -1.42. The van der Waals surface area contributed by atoms with Crippen LogP contribution in [-0.2, 0) is 4.79 Å². The summed E-state index contributed by atoms with van der Waals surface area (Å²) < 4.78 is 0. The Balaban J connectivity index is 2.61. The molecule has 104 valence electrons. The topological polar surface area (TPSA) is 46.3 Å². The van der Waals surface area contributed by atoms with Crippen LogP contribution in [0.15, 0.2) is 24.3 Å². The lowest BCUT2D eigenvalue weighted by Crippen LogP contribution is -2.26. The van der Waals surface area contributed by atoms with E-state index in [0.717, 1.165) is 24.1 Å². The molecule has 0 radical (unpaired) electrons. The quantitative estimate of drug-likeness (QED) is 0.615. The van der Waals surface area contributed by atoms with Gasteiger partial charge in [0.1, 0.15) is 4.99 Å². The number of hydrogen-bond donors (Lipinski definition) is 1. The maximum absolute atomic E-state index is 12.0. The number of hydrogen-bond acceptors (Lipinski definition) is 2. The lowest BCUT2D eigenvalue weighted by molar-refractivity contribution is -0.118. The van der Waals surface area contributed by atoms with E-state index in [1.165, 1.54) is 12.8 Å². The van der Waals surface area contributed by atoms with E-state index in [1.807, 2.05) is 24.3 Å². The molecule has 1 aromatic rings. The Morgan fingerprint density at radius 1 is 1.32 bits per heavy atom. The molecule has 0 aliphatic rings. The number of carbonyl (C=O) groups excluding carboxylic acids is 1. The second-order valence-electron chi connectivity index (χ2n) is 4.68. The van der Waals surface area contributed by atoms with E-state index in [2.05, 4.69) is 6.92 Å². The van der Waals surface area contributed by atoms with Crippen molar-refractivity contribution in [2.75, 3.05) is 11.9 Å². The highest BCUT2D eigenvalue weighted by Crippen LogP contribution is 2.16. The molecule has 0 saturated heterocycles. The third-order valence-electron chi connectivity index (χ3n) is 3.14. The van der Waals surface area contributed by atoms with Gasteiger partial charge in [0.15, 0.2) is 0 Å². The number of nitrogens with zero attached hydrogens (tertiary/aromatic N) is 1. The number of unbranched alkanes of at least 4 members (excludes halogenated alkanes) is 3. The minimum absolute atomic E-state index is 0.135. The highest BCUT2D eigenvalue weighted by molar-refractivity contribution is 7.80. The summed E-state index contributed by atoms with van der Waals surface area (Å²) in [6, 6.07) is 7.47. The van der Waals surface area contributed by atoms with Gasteiger partial charge in [-0.15, -0.1) is 0 Å². The Morgan fingerprint density at radius 3 is 2.68 bits per heavy atom. The summed E-state index contributed by atoms with van der Waals surface area (Å²) in [5, 5.41) is 0. The Morgan fingerprint density at radius 2 is 2.05 bits per heavy atom. The van der Waals surface area contributed by atoms with Gasteiger partial charge >= 0.3 is 0 Å². The fraction of sp³-hybridized carbons (Fsp3) is 0.467. The van der Waals surface area contributed by atoms with Gasteiger partial charge in [-0.05, 0) is 18.6 Å². The molecule has 0 atom stereocenters. The molecule has 4 heteroatoms. The van der Waals surface area contributed by atoms with Crippen LogP contribution in [-0.4, -0.2) is 17.9 Å². The highest BCUT2D eigenvalue weighted by atomic mass is 32.1. The first-order valence-corrected chi connectivity index (χ1v) is 7.13. The van der Waals surface area contributed by atoms with Crippen molar-refractivity contribution >= 4 is 28.8 Å². The fourth-order valence-electron chi connectivity index (χ4n) is 1.88. The third-order valence-corrected chi connectivity index (χ3v) is 3.37. The van der Waals surface area contributed by atoms with Crippen molar-refractivity contribution in [3.05, 3.63) is 29.8 Å². The molecule has 0 unspecified atom stereocenters. The first-order valence-electron chi connectivity index (χ1n) is 6.72. The largest absolute Gasteiger partial charge is 0.389 e. The number of nitrogens with two attached hydrogens (primary N) is 1. The van der Waals surface area contributed by atoms with Gasteiger partial charge in [0, 0.05) is 24.7 Å². The summed E-state index contributed by atoms with van der Waals surface area (Å²) in [6.45, 7) is 2.16. The van der Waals surface area contributed by atoms with E-state index in [4.69, 9.17) is 18.0 Å². The highest BCUT2D eigenvalue weighted by Gasteiger charge is 2.11. The molecule has 0 aliphatic heterocycles. The molecular formula is C15H22N2OS. The van der Waals surface area contributed by atoms with Crippen molar-refractivity contribution < 1.29 is 4.79 Å². The molecule has 0 bridgehead atoms. The molecule has 0 heterocycles. The van der Waals surface area contributed by atoms with Crippen LogP contribution in [0.4, 0.5) is 5.69 Å². The third kappa shape index (κ3) is 4.99. The molecule has 0 saturated carbocycles. The Bertz CT molecular complexity index is 446. The monoisotopic (exact) mass is 278 g/mol.